The van der Waals surface area contributed by atoms with Crippen LogP contribution in [-0.4, -0.2) is 40.3 Å². The van der Waals surface area contributed by atoms with Gasteiger partial charge in [-0.1, -0.05) is 17.3 Å². The molecule has 0 atom stereocenters. The first-order chi connectivity index (χ1) is 14.3. The molecular formula is C22H21N5O2. The summed E-state index contributed by atoms with van der Waals surface area (Å²) >= 11 is 0. The van der Waals surface area contributed by atoms with E-state index in [2.05, 4.69) is 38.2 Å². The standard InChI is InChI=1S/C22H21N5O2/c1-28-18-4-2-3-15-5-6-19(24-20(15)18)27-13-9-17(10-14-27)22-25-21(26-29-22)16-7-11-23-12-8-16/h2-8,11-12,17H,9-10,13-14H2,1H3. The van der Waals surface area contributed by atoms with Crippen molar-refractivity contribution in [2.45, 2.75) is 18.8 Å². The SMILES string of the molecule is COc1cccc2ccc(N3CCC(c4nc(-c5ccncc5)no4)CC3)nc12. The first-order valence-electron chi connectivity index (χ1n) is 9.74. The van der Waals surface area contributed by atoms with Gasteiger partial charge in [-0.3, -0.25) is 4.98 Å². The van der Waals surface area contributed by atoms with Gasteiger partial charge in [-0.15, -0.1) is 0 Å². The van der Waals surface area contributed by atoms with Crippen molar-refractivity contribution in [3.8, 4) is 17.1 Å². The monoisotopic (exact) mass is 387 g/mol. The number of rotatable bonds is 4. The van der Waals surface area contributed by atoms with E-state index in [4.69, 9.17) is 14.2 Å². The number of hydrogen-bond donors (Lipinski definition) is 0. The van der Waals surface area contributed by atoms with Crippen molar-refractivity contribution in [1.82, 2.24) is 20.1 Å². The maximum absolute atomic E-state index is 5.56. The van der Waals surface area contributed by atoms with Gasteiger partial charge in [-0.2, -0.15) is 4.98 Å². The summed E-state index contributed by atoms with van der Waals surface area (Å²) in [5.41, 5.74) is 1.82. The van der Waals surface area contributed by atoms with Crippen molar-refractivity contribution in [2.75, 3.05) is 25.1 Å². The maximum Gasteiger partial charge on any atom is 0.230 e. The molecule has 5 rings (SSSR count). The minimum Gasteiger partial charge on any atom is -0.494 e. The second kappa shape index (κ2) is 7.50. The Bertz CT molecular complexity index is 1120. The molecule has 1 saturated heterocycles. The molecule has 0 amide bonds. The Labute approximate surface area is 168 Å². The molecule has 29 heavy (non-hydrogen) atoms. The zero-order valence-electron chi connectivity index (χ0n) is 16.2. The molecular weight excluding hydrogens is 366 g/mol. The lowest BCUT2D eigenvalue weighted by atomic mass is 9.96. The molecule has 1 aromatic carbocycles. The molecule has 7 nitrogen and oxygen atoms in total. The summed E-state index contributed by atoms with van der Waals surface area (Å²) in [6.45, 7) is 1.79. The molecule has 4 aromatic rings. The summed E-state index contributed by atoms with van der Waals surface area (Å²) in [6.07, 6.45) is 5.36. The van der Waals surface area contributed by atoms with Gasteiger partial charge in [-0.25, -0.2) is 4.98 Å². The molecule has 7 heteroatoms. The van der Waals surface area contributed by atoms with E-state index in [1.54, 1.807) is 19.5 Å². The lowest BCUT2D eigenvalue weighted by molar-refractivity contribution is 0.329. The van der Waals surface area contributed by atoms with Crippen LogP contribution in [0.5, 0.6) is 5.75 Å². The van der Waals surface area contributed by atoms with Crippen molar-refractivity contribution >= 4 is 16.7 Å². The molecule has 0 bridgehead atoms. The van der Waals surface area contributed by atoms with Gasteiger partial charge in [0.2, 0.25) is 11.7 Å². The van der Waals surface area contributed by atoms with Gasteiger partial charge >= 0.3 is 0 Å². The summed E-state index contributed by atoms with van der Waals surface area (Å²) in [5, 5.41) is 5.22. The minimum absolute atomic E-state index is 0.268. The highest BCUT2D eigenvalue weighted by molar-refractivity contribution is 5.86. The van der Waals surface area contributed by atoms with Crippen LogP contribution in [0.3, 0.4) is 0 Å². The largest absolute Gasteiger partial charge is 0.494 e. The molecule has 0 radical (unpaired) electrons. The summed E-state index contributed by atoms with van der Waals surface area (Å²) in [4.78, 5) is 15.8. The quantitative estimate of drug-likeness (QED) is 0.522. The number of anilines is 1. The predicted octanol–water partition coefficient (Wildman–Crippen LogP) is 4.07. The molecule has 146 valence electrons. The Hall–Kier alpha value is -3.48. The summed E-state index contributed by atoms with van der Waals surface area (Å²) in [7, 11) is 1.68. The molecule has 0 saturated carbocycles. The van der Waals surface area contributed by atoms with Crippen LogP contribution in [0.2, 0.25) is 0 Å². The average Bonchev–Trinajstić information content (AvgIpc) is 3.29. The Morgan fingerprint density at radius 2 is 1.83 bits per heavy atom. The average molecular weight is 387 g/mol. The highest BCUT2D eigenvalue weighted by Gasteiger charge is 2.26. The Kier molecular flexibility index (Phi) is 4.56. The fourth-order valence-electron chi connectivity index (χ4n) is 3.83. The summed E-state index contributed by atoms with van der Waals surface area (Å²) in [5.74, 6) is 3.37. The van der Waals surface area contributed by atoms with Crippen LogP contribution in [0, 0.1) is 0 Å². The third kappa shape index (κ3) is 3.40. The fourth-order valence-corrected chi connectivity index (χ4v) is 3.83. The number of fused-ring (bicyclic) bond motifs is 1. The van der Waals surface area contributed by atoms with Gasteiger partial charge < -0.3 is 14.2 Å². The highest BCUT2D eigenvalue weighted by atomic mass is 16.5. The van der Waals surface area contributed by atoms with Crippen molar-refractivity contribution in [1.29, 1.82) is 0 Å². The van der Waals surface area contributed by atoms with Gasteiger partial charge in [-0.05, 0) is 43.2 Å². The van der Waals surface area contributed by atoms with Crippen molar-refractivity contribution in [2.24, 2.45) is 0 Å². The van der Waals surface area contributed by atoms with Crippen LogP contribution in [-0.2, 0) is 0 Å². The molecule has 0 N–H and O–H groups in total. The van der Waals surface area contributed by atoms with Gasteiger partial charge in [0.05, 0.1) is 7.11 Å². The second-order valence-corrected chi connectivity index (χ2v) is 7.15. The van der Waals surface area contributed by atoms with Gasteiger partial charge in [0.25, 0.3) is 0 Å². The fraction of sp³-hybridized carbons (Fsp3) is 0.273. The Morgan fingerprint density at radius 1 is 1.00 bits per heavy atom. The lowest BCUT2D eigenvalue weighted by Gasteiger charge is -2.31. The van der Waals surface area contributed by atoms with E-state index >= 15 is 0 Å². The van der Waals surface area contributed by atoms with E-state index in [1.165, 1.54) is 0 Å². The van der Waals surface area contributed by atoms with E-state index in [1.807, 2.05) is 24.3 Å². The van der Waals surface area contributed by atoms with Crippen LogP contribution in [0.1, 0.15) is 24.7 Å². The number of para-hydroxylation sites is 1. The zero-order chi connectivity index (χ0) is 19.6. The first-order valence-corrected chi connectivity index (χ1v) is 9.74. The summed E-state index contributed by atoms with van der Waals surface area (Å²) < 4.78 is 11.0. The van der Waals surface area contributed by atoms with Gasteiger partial charge in [0.15, 0.2) is 0 Å². The van der Waals surface area contributed by atoms with Crippen LogP contribution >= 0.6 is 0 Å². The number of ether oxygens (including phenoxy) is 1. The molecule has 3 aromatic heterocycles. The van der Waals surface area contributed by atoms with Crippen LogP contribution < -0.4 is 9.64 Å². The molecule has 0 unspecified atom stereocenters. The second-order valence-electron chi connectivity index (χ2n) is 7.15. The Morgan fingerprint density at radius 3 is 2.62 bits per heavy atom. The van der Waals surface area contributed by atoms with E-state index in [9.17, 15) is 0 Å². The topological polar surface area (TPSA) is 77.2 Å². The highest BCUT2D eigenvalue weighted by Crippen LogP contribution is 2.32. The molecule has 1 aliphatic heterocycles. The van der Waals surface area contributed by atoms with E-state index in [0.29, 0.717) is 11.7 Å². The number of hydrogen-bond acceptors (Lipinski definition) is 7. The van der Waals surface area contributed by atoms with Gasteiger partial charge in [0.1, 0.15) is 17.1 Å². The lowest BCUT2D eigenvalue weighted by Crippen LogP contribution is -2.33. The Balaban J connectivity index is 1.31. The molecule has 1 fully saturated rings. The first kappa shape index (κ1) is 17.6. The van der Waals surface area contributed by atoms with Gasteiger partial charge in [0, 0.05) is 42.4 Å². The molecule has 1 aliphatic rings. The minimum atomic E-state index is 0.268. The number of piperidine rings is 1. The number of pyridine rings is 2. The van der Waals surface area contributed by atoms with E-state index in [0.717, 1.165) is 54.0 Å². The van der Waals surface area contributed by atoms with Crippen LogP contribution in [0.4, 0.5) is 5.82 Å². The number of nitrogens with zero attached hydrogens (tertiary/aromatic N) is 5. The smallest absolute Gasteiger partial charge is 0.230 e. The predicted molar refractivity (Wildman–Crippen MR) is 110 cm³/mol. The van der Waals surface area contributed by atoms with Crippen LogP contribution in [0.25, 0.3) is 22.3 Å². The van der Waals surface area contributed by atoms with Crippen molar-refractivity contribution in [3.05, 3.63) is 60.7 Å². The third-order valence-corrected chi connectivity index (χ3v) is 5.44. The maximum atomic E-state index is 5.56. The van der Waals surface area contributed by atoms with Crippen molar-refractivity contribution < 1.29 is 9.26 Å². The normalized spacial score (nSPS) is 15.0. The zero-order valence-corrected chi connectivity index (χ0v) is 16.2. The molecule has 4 heterocycles. The number of aromatic nitrogens is 4. The number of benzene rings is 1. The summed E-state index contributed by atoms with van der Waals surface area (Å²) in [6, 6.07) is 13.9. The molecule has 0 aliphatic carbocycles. The van der Waals surface area contributed by atoms with Crippen molar-refractivity contribution in [3.63, 3.8) is 0 Å². The van der Waals surface area contributed by atoms with E-state index < -0.39 is 0 Å². The third-order valence-electron chi connectivity index (χ3n) is 5.44. The van der Waals surface area contributed by atoms with E-state index in [-0.39, 0.29) is 5.92 Å². The molecule has 0 spiro atoms. The number of methoxy groups -OCH3 is 1. The van der Waals surface area contributed by atoms with Crippen LogP contribution in [0.15, 0.2) is 59.4 Å².